The topological polar surface area (TPSA) is 0 Å². The molecule has 0 spiro atoms. The van der Waals surface area contributed by atoms with Gasteiger partial charge in [0.2, 0.25) is 0 Å². The van der Waals surface area contributed by atoms with Crippen LogP contribution >= 0.6 is 0 Å². The van der Waals surface area contributed by atoms with Crippen LogP contribution in [0.25, 0.3) is 0 Å². The minimum atomic E-state index is -4.92. The number of hydrogen-bond donors (Lipinski definition) is 0. The molecule has 0 aromatic heterocycles. The van der Waals surface area contributed by atoms with Crippen LogP contribution in [0, 0.1) is 10.8 Å². The molecule has 0 rings (SSSR count). The maximum absolute atomic E-state index is 13.9. The van der Waals surface area contributed by atoms with Gasteiger partial charge in [-0.3, -0.25) is 0 Å². The molecule has 0 aliphatic heterocycles. The quantitative estimate of drug-likeness (QED) is 0.610. The molecule has 98 valence electrons. The molecule has 0 radical (unpaired) electrons. The van der Waals surface area contributed by atoms with E-state index in [1.165, 1.54) is 13.8 Å². The zero-order valence-corrected chi connectivity index (χ0v) is 10.3. The first kappa shape index (κ1) is 15.7. The van der Waals surface area contributed by atoms with Gasteiger partial charge in [-0.05, 0) is 20.3 Å². The molecule has 0 aliphatic carbocycles. The molecule has 16 heavy (non-hydrogen) atoms. The third-order valence-electron chi connectivity index (χ3n) is 3.22. The van der Waals surface area contributed by atoms with Gasteiger partial charge < -0.3 is 0 Å². The molecule has 0 aliphatic rings. The Kier molecular flexibility index (Phi) is 4.06. The van der Waals surface area contributed by atoms with E-state index in [2.05, 4.69) is 0 Å². The van der Waals surface area contributed by atoms with Gasteiger partial charge in [-0.25, -0.2) is 8.78 Å². The summed E-state index contributed by atoms with van der Waals surface area (Å²) >= 11 is 0. The van der Waals surface area contributed by atoms with Crippen LogP contribution in [0.1, 0.15) is 47.5 Å². The lowest BCUT2D eigenvalue weighted by Gasteiger charge is -2.45. The van der Waals surface area contributed by atoms with Crippen molar-refractivity contribution in [1.82, 2.24) is 0 Å². The average molecular weight is 246 g/mol. The molecule has 0 aromatic carbocycles. The molecule has 0 aromatic rings. The fraction of sp³-hybridized carbons (Fsp3) is 1.00. The van der Waals surface area contributed by atoms with Gasteiger partial charge in [0.25, 0.3) is 5.92 Å². The summed E-state index contributed by atoms with van der Waals surface area (Å²) in [5.74, 6) is -3.80. The van der Waals surface area contributed by atoms with Crippen LogP contribution in [-0.2, 0) is 0 Å². The molecule has 0 saturated carbocycles. The van der Waals surface area contributed by atoms with E-state index < -0.39 is 22.9 Å². The summed E-state index contributed by atoms with van der Waals surface area (Å²) in [5.41, 5.74) is -4.68. The predicted molar refractivity (Wildman–Crippen MR) is 53.5 cm³/mol. The second-order valence-electron chi connectivity index (χ2n) is 5.33. The minimum Gasteiger partial charge on any atom is -0.205 e. The summed E-state index contributed by atoms with van der Waals surface area (Å²) in [4.78, 5) is 0. The molecular weight excluding hydrogens is 227 g/mol. The van der Waals surface area contributed by atoms with Crippen LogP contribution < -0.4 is 0 Å². The maximum atomic E-state index is 13.9. The van der Waals surface area contributed by atoms with Crippen LogP contribution in [0.4, 0.5) is 22.0 Å². The van der Waals surface area contributed by atoms with Crippen molar-refractivity contribution < 1.29 is 22.0 Å². The van der Waals surface area contributed by atoms with Crippen LogP contribution in [0.3, 0.4) is 0 Å². The van der Waals surface area contributed by atoms with Gasteiger partial charge >= 0.3 is 6.18 Å². The van der Waals surface area contributed by atoms with Crippen molar-refractivity contribution in [3.05, 3.63) is 0 Å². The highest BCUT2D eigenvalue weighted by atomic mass is 19.4. The first-order valence-electron chi connectivity index (χ1n) is 5.26. The van der Waals surface area contributed by atoms with Crippen molar-refractivity contribution in [3.8, 4) is 0 Å². The Labute approximate surface area is 93.2 Å². The van der Waals surface area contributed by atoms with Crippen molar-refractivity contribution in [2.24, 2.45) is 10.8 Å². The first-order valence-corrected chi connectivity index (χ1v) is 5.26. The Morgan fingerprint density at radius 3 is 1.44 bits per heavy atom. The van der Waals surface area contributed by atoms with Gasteiger partial charge in [0, 0.05) is 5.41 Å². The second-order valence-corrected chi connectivity index (χ2v) is 5.33. The SMILES string of the molecule is CCCC(C)(C)C(F)(F)C(C)(C)C(F)(F)F. The molecule has 0 amide bonds. The molecule has 0 unspecified atom stereocenters. The lowest BCUT2D eigenvalue weighted by atomic mass is 9.68. The van der Waals surface area contributed by atoms with Crippen molar-refractivity contribution in [2.75, 3.05) is 0 Å². The normalized spacial score (nSPS) is 15.4. The fourth-order valence-corrected chi connectivity index (χ4v) is 1.81. The summed E-state index contributed by atoms with van der Waals surface area (Å²) in [5, 5.41) is 0. The fourth-order valence-electron chi connectivity index (χ4n) is 1.81. The minimum absolute atomic E-state index is 0.0551. The molecule has 5 heteroatoms. The lowest BCUT2D eigenvalue weighted by molar-refractivity contribution is -0.314. The van der Waals surface area contributed by atoms with Crippen molar-refractivity contribution >= 4 is 0 Å². The number of halogens is 5. The van der Waals surface area contributed by atoms with Gasteiger partial charge in [-0.15, -0.1) is 0 Å². The van der Waals surface area contributed by atoms with E-state index in [-0.39, 0.29) is 6.42 Å². The Morgan fingerprint density at radius 2 is 1.19 bits per heavy atom. The van der Waals surface area contributed by atoms with Crippen LogP contribution in [0.5, 0.6) is 0 Å². The average Bonchev–Trinajstić information content (AvgIpc) is 2.01. The Morgan fingerprint density at radius 1 is 0.812 bits per heavy atom. The van der Waals surface area contributed by atoms with Gasteiger partial charge in [-0.1, -0.05) is 27.2 Å². The molecule has 0 atom stereocenters. The lowest BCUT2D eigenvalue weighted by Crippen LogP contribution is -2.55. The van der Waals surface area contributed by atoms with Gasteiger partial charge in [0.05, 0.1) is 0 Å². The summed E-state index contributed by atoms with van der Waals surface area (Å²) in [6, 6.07) is 0. The van der Waals surface area contributed by atoms with Gasteiger partial charge in [0.15, 0.2) is 0 Å². The van der Waals surface area contributed by atoms with Crippen LogP contribution in [0.2, 0.25) is 0 Å². The van der Waals surface area contributed by atoms with Crippen LogP contribution in [0.15, 0.2) is 0 Å². The zero-order valence-electron chi connectivity index (χ0n) is 10.3. The van der Waals surface area contributed by atoms with E-state index >= 15 is 0 Å². The van der Waals surface area contributed by atoms with E-state index in [0.29, 0.717) is 20.3 Å². The summed E-state index contributed by atoms with van der Waals surface area (Å²) in [6.07, 6.45) is -4.43. The van der Waals surface area contributed by atoms with E-state index in [4.69, 9.17) is 0 Å². The maximum Gasteiger partial charge on any atom is 0.399 e. The smallest absolute Gasteiger partial charge is 0.205 e. The van der Waals surface area contributed by atoms with E-state index in [1.807, 2.05) is 0 Å². The molecule has 0 nitrogen and oxygen atoms in total. The second kappa shape index (κ2) is 4.15. The van der Waals surface area contributed by atoms with Crippen molar-refractivity contribution in [2.45, 2.75) is 59.6 Å². The van der Waals surface area contributed by atoms with Gasteiger partial charge in [0.1, 0.15) is 5.41 Å². The number of alkyl halides is 5. The summed E-state index contributed by atoms with van der Waals surface area (Å²) in [6.45, 7) is 5.17. The molecule has 0 saturated heterocycles. The summed E-state index contributed by atoms with van der Waals surface area (Å²) < 4.78 is 65.7. The van der Waals surface area contributed by atoms with Crippen molar-refractivity contribution in [3.63, 3.8) is 0 Å². The van der Waals surface area contributed by atoms with Crippen LogP contribution in [-0.4, -0.2) is 12.1 Å². The van der Waals surface area contributed by atoms with Gasteiger partial charge in [-0.2, -0.15) is 13.2 Å². The third-order valence-corrected chi connectivity index (χ3v) is 3.22. The Hall–Kier alpha value is -0.350. The third kappa shape index (κ3) is 2.33. The molecular formula is C11H19F5. The Bertz CT molecular complexity index is 237. The first-order chi connectivity index (χ1) is 6.81. The highest BCUT2D eigenvalue weighted by Crippen LogP contribution is 2.57. The molecule has 0 bridgehead atoms. The van der Waals surface area contributed by atoms with E-state index in [0.717, 1.165) is 0 Å². The highest BCUT2D eigenvalue weighted by molar-refractivity contribution is 4.99. The molecule has 0 fully saturated rings. The summed E-state index contributed by atoms with van der Waals surface area (Å²) in [7, 11) is 0. The highest BCUT2D eigenvalue weighted by Gasteiger charge is 2.67. The predicted octanol–water partition coefficient (Wildman–Crippen LogP) is 5.04. The largest absolute Gasteiger partial charge is 0.399 e. The molecule has 0 heterocycles. The monoisotopic (exact) mass is 246 g/mol. The molecule has 0 N–H and O–H groups in total. The van der Waals surface area contributed by atoms with E-state index in [9.17, 15) is 22.0 Å². The number of hydrogen-bond acceptors (Lipinski definition) is 0. The Balaban J connectivity index is 5.34. The van der Waals surface area contributed by atoms with Crippen molar-refractivity contribution in [1.29, 1.82) is 0 Å². The van der Waals surface area contributed by atoms with E-state index in [1.54, 1.807) is 6.92 Å². The number of rotatable bonds is 4. The standard InChI is InChI=1S/C11H19F5/c1-6-7-8(2,3)10(12,13)9(4,5)11(14,15)16/h6-7H2,1-5H3. The zero-order chi connectivity index (χ0) is 13.4.